The molecule has 21 heavy (non-hydrogen) atoms. The van der Waals surface area contributed by atoms with E-state index in [1.807, 2.05) is 48.5 Å². The van der Waals surface area contributed by atoms with Crippen molar-refractivity contribution in [3.05, 3.63) is 61.2 Å². The molecule has 1 amide bonds. The lowest BCUT2D eigenvalue weighted by atomic mass is 10.2. The number of hydrazone groups is 1. The zero-order valence-electron chi connectivity index (χ0n) is 11.0. The van der Waals surface area contributed by atoms with Crippen LogP contribution >= 0.6 is 45.2 Å². The second-order valence-electron chi connectivity index (χ2n) is 4.21. The summed E-state index contributed by atoms with van der Waals surface area (Å²) >= 11 is 4.47. The molecule has 0 bridgehead atoms. The highest BCUT2D eigenvalue weighted by molar-refractivity contribution is 14.1. The fourth-order valence-electron chi connectivity index (χ4n) is 1.56. The van der Waals surface area contributed by atoms with Crippen molar-refractivity contribution in [2.45, 2.75) is 0 Å². The molecule has 0 aliphatic carbocycles. The summed E-state index contributed by atoms with van der Waals surface area (Å²) < 4.78 is 2.29. The maximum absolute atomic E-state index is 11.7. The van der Waals surface area contributed by atoms with Crippen LogP contribution in [0, 0.1) is 7.14 Å². The van der Waals surface area contributed by atoms with E-state index in [-0.39, 0.29) is 12.5 Å². The molecule has 0 saturated carbocycles. The minimum Gasteiger partial charge on any atom is -0.376 e. The molecule has 0 heterocycles. The number of carbonyl (C=O) groups excluding carboxylic acids is 1. The van der Waals surface area contributed by atoms with Gasteiger partial charge in [-0.3, -0.25) is 4.79 Å². The minimum absolute atomic E-state index is 0.185. The lowest BCUT2D eigenvalue weighted by Gasteiger charge is -2.05. The van der Waals surface area contributed by atoms with Crippen LogP contribution in [0.3, 0.4) is 0 Å². The Labute approximate surface area is 150 Å². The highest BCUT2D eigenvalue weighted by atomic mass is 127. The number of carbonyl (C=O) groups is 1. The molecule has 0 fully saturated rings. The van der Waals surface area contributed by atoms with Gasteiger partial charge in [0, 0.05) is 12.8 Å². The Kier molecular flexibility index (Phi) is 6.43. The average Bonchev–Trinajstić information content (AvgIpc) is 2.47. The second kappa shape index (κ2) is 8.32. The fourth-order valence-corrected chi connectivity index (χ4v) is 2.48. The number of hydrogen-bond acceptors (Lipinski definition) is 3. The molecular weight excluding hydrogens is 492 g/mol. The molecule has 2 aromatic rings. The Bertz CT molecular complexity index is 642. The van der Waals surface area contributed by atoms with Crippen molar-refractivity contribution < 1.29 is 4.79 Å². The normalized spacial score (nSPS) is 10.6. The first-order valence-corrected chi connectivity index (χ1v) is 8.36. The first-order valence-electron chi connectivity index (χ1n) is 6.20. The van der Waals surface area contributed by atoms with Crippen LogP contribution < -0.4 is 10.7 Å². The molecule has 2 N–H and O–H groups in total. The minimum atomic E-state index is -0.185. The molecule has 2 rings (SSSR count). The van der Waals surface area contributed by atoms with Gasteiger partial charge in [0.15, 0.2) is 0 Å². The average molecular weight is 505 g/mol. The van der Waals surface area contributed by atoms with Gasteiger partial charge < -0.3 is 5.32 Å². The summed E-state index contributed by atoms with van der Waals surface area (Å²) in [5.41, 5.74) is 4.36. The molecule has 0 radical (unpaired) electrons. The van der Waals surface area contributed by atoms with Gasteiger partial charge in [0.1, 0.15) is 0 Å². The summed E-state index contributed by atoms with van der Waals surface area (Å²) in [7, 11) is 0. The second-order valence-corrected chi connectivity index (χ2v) is 6.70. The van der Waals surface area contributed by atoms with Gasteiger partial charge in [0.2, 0.25) is 0 Å². The lowest BCUT2D eigenvalue weighted by molar-refractivity contribution is -0.119. The van der Waals surface area contributed by atoms with Crippen molar-refractivity contribution in [3.63, 3.8) is 0 Å². The monoisotopic (exact) mass is 505 g/mol. The van der Waals surface area contributed by atoms with E-state index in [0.717, 1.165) is 18.4 Å². The van der Waals surface area contributed by atoms with E-state index in [0.29, 0.717) is 0 Å². The van der Waals surface area contributed by atoms with Crippen molar-refractivity contribution in [3.8, 4) is 0 Å². The van der Waals surface area contributed by atoms with Gasteiger partial charge in [-0.1, -0.05) is 12.1 Å². The molecule has 0 spiro atoms. The zero-order chi connectivity index (χ0) is 15.1. The van der Waals surface area contributed by atoms with Crippen LogP contribution in [0.4, 0.5) is 5.69 Å². The van der Waals surface area contributed by atoms with Crippen molar-refractivity contribution in [2.24, 2.45) is 5.10 Å². The summed E-state index contributed by atoms with van der Waals surface area (Å²) in [6.45, 7) is 0.185. The first kappa shape index (κ1) is 16.2. The van der Waals surface area contributed by atoms with Gasteiger partial charge in [-0.25, -0.2) is 5.43 Å². The van der Waals surface area contributed by atoms with Crippen LogP contribution in [0.5, 0.6) is 0 Å². The predicted molar refractivity (Wildman–Crippen MR) is 103 cm³/mol. The van der Waals surface area contributed by atoms with Crippen LogP contribution in [-0.4, -0.2) is 18.7 Å². The fraction of sp³-hybridized carbons (Fsp3) is 0.0667. The highest BCUT2D eigenvalue weighted by Gasteiger charge is 1.99. The third kappa shape index (κ3) is 6.00. The van der Waals surface area contributed by atoms with E-state index in [9.17, 15) is 4.79 Å². The number of anilines is 1. The van der Waals surface area contributed by atoms with Crippen molar-refractivity contribution in [1.29, 1.82) is 0 Å². The van der Waals surface area contributed by atoms with Gasteiger partial charge in [0.05, 0.1) is 12.8 Å². The molecule has 6 heteroatoms. The number of rotatable bonds is 5. The zero-order valence-corrected chi connectivity index (χ0v) is 15.3. The van der Waals surface area contributed by atoms with Crippen LogP contribution in [0.2, 0.25) is 0 Å². The van der Waals surface area contributed by atoms with Crippen molar-refractivity contribution in [1.82, 2.24) is 5.43 Å². The summed E-state index contributed by atoms with van der Waals surface area (Å²) in [6.07, 6.45) is 1.63. The summed E-state index contributed by atoms with van der Waals surface area (Å²) in [5.74, 6) is -0.185. The molecule has 0 unspecified atom stereocenters. The standard InChI is InChI=1S/C15H13I2N3O/c16-12-4-6-14(7-5-12)18-10-15(21)20-19-9-11-2-1-3-13(17)8-11/h1-9,18H,10H2,(H,20,21)/b19-9-. The van der Waals surface area contributed by atoms with Crippen LogP contribution in [0.15, 0.2) is 53.6 Å². The Morgan fingerprint density at radius 1 is 1.10 bits per heavy atom. The largest absolute Gasteiger partial charge is 0.376 e. The molecule has 0 aromatic heterocycles. The number of nitrogens with zero attached hydrogens (tertiary/aromatic N) is 1. The smallest absolute Gasteiger partial charge is 0.259 e. The highest BCUT2D eigenvalue weighted by Crippen LogP contribution is 2.10. The molecule has 4 nitrogen and oxygen atoms in total. The Morgan fingerprint density at radius 3 is 2.57 bits per heavy atom. The van der Waals surface area contributed by atoms with Gasteiger partial charge in [-0.15, -0.1) is 0 Å². The van der Waals surface area contributed by atoms with Crippen molar-refractivity contribution >= 4 is 63.0 Å². The van der Waals surface area contributed by atoms with Crippen LogP contribution in [0.1, 0.15) is 5.56 Å². The number of halogens is 2. The van der Waals surface area contributed by atoms with Crippen LogP contribution in [-0.2, 0) is 4.79 Å². The Balaban J connectivity index is 1.78. The summed E-state index contributed by atoms with van der Waals surface area (Å²) in [6, 6.07) is 15.7. The third-order valence-corrected chi connectivity index (χ3v) is 3.94. The van der Waals surface area contributed by atoms with Crippen LogP contribution in [0.25, 0.3) is 0 Å². The van der Waals surface area contributed by atoms with Gasteiger partial charge in [0.25, 0.3) is 5.91 Å². The Morgan fingerprint density at radius 2 is 1.86 bits per heavy atom. The molecule has 2 aromatic carbocycles. The SMILES string of the molecule is O=C(CNc1ccc(I)cc1)N/N=C\c1cccc(I)c1. The van der Waals surface area contributed by atoms with E-state index in [1.165, 1.54) is 0 Å². The topological polar surface area (TPSA) is 53.5 Å². The van der Waals surface area contributed by atoms with E-state index in [4.69, 9.17) is 0 Å². The van der Waals surface area contributed by atoms with Gasteiger partial charge in [-0.2, -0.15) is 5.10 Å². The number of nitrogens with one attached hydrogen (secondary N) is 2. The van der Waals surface area contributed by atoms with E-state index in [2.05, 4.69) is 61.0 Å². The van der Waals surface area contributed by atoms with Gasteiger partial charge in [-0.05, 0) is 87.1 Å². The lowest BCUT2D eigenvalue weighted by Crippen LogP contribution is -2.25. The first-order chi connectivity index (χ1) is 10.1. The molecule has 0 aliphatic heterocycles. The number of hydrogen-bond donors (Lipinski definition) is 2. The molecular formula is C15H13I2N3O. The van der Waals surface area contributed by atoms with E-state index in [1.54, 1.807) is 6.21 Å². The number of benzene rings is 2. The molecule has 0 aliphatic rings. The Hall–Kier alpha value is -1.16. The third-order valence-electron chi connectivity index (χ3n) is 2.55. The maximum atomic E-state index is 11.7. The van der Waals surface area contributed by atoms with Gasteiger partial charge >= 0.3 is 0 Å². The molecule has 0 atom stereocenters. The quantitative estimate of drug-likeness (QED) is 0.372. The van der Waals surface area contributed by atoms with E-state index < -0.39 is 0 Å². The number of amides is 1. The summed E-state index contributed by atoms with van der Waals surface area (Å²) in [5, 5.41) is 6.98. The van der Waals surface area contributed by atoms with E-state index >= 15 is 0 Å². The summed E-state index contributed by atoms with van der Waals surface area (Å²) in [4.78, 5) is 11.7. The van der Waals surface area contributed by atoms with Crippen molar-refractivity contribution in [2.75, 3.05) is 11.9 Å². The predicted octanol–water partition coefficient (Wildman–Crippen LogP) is 3.46. The molecule has 0 saturated heterocycles. The maximum Gasteiger partial charge on any atom is 0.259 e. The molecule has 108 valence electrons.